The van der Waals surface area contributed by atoms with Gasteiger partial charge < -0.3 is 34.6 Å². The molecule has 77 heavy (non-hydrogen) atoms. The van der Waals surface area contributed by atoms with Gasteiger partial charge in [-0.25, -0.2) is 0 Å². The van der Waals surface area contributed by atoms with E-state index in [9.17, 15) is 19.8 Å². The lowest BCUT2D eigenvalue weighted by molar-refractivity contribution is -0.140. The van der Waals surface area contributed by atoms with Crippen LogP contribution in [0.15, 0.2) is 163 Å². The third-order valence-electron chi connectivity index (χ3n) is 13.1. The van der Waals surface area contributed by atoms with Gasteiger partial charge in [-0.2, -0.15) is 0 Å². The van der Waals surface area contributed by atoms with Crippen molar-refractivity contribution in [2.75, 3.05) is 6.54 Å². The number of nitrogens with zero attached hydrogens (tertiary/aromatic N) is 3. The highest BCUT2D eigenvalue weighted by Gasteiger charge is 2.24. The molecule has 14 nitrogen and oxygen atoms in total. The van der Waals surface area contributed by atoms with Crippen LogP contribution in [0.1, 0.15) is 78.8 Å². The van der Waals surface area contributed by atoms with Gasteiger partial charge in [-0.15, -0.1) is 0 Å². The topological polar surface area (TPSA) is 198 Å². The molecule has 0 saturated heterocycles. The molecule has 9 rings (SSSR count). The molecule has 0 amide bonds. The molecule has 0 fully saturated rings. The van der Waals surface area contributed by atoms with E-state index < -0.39 is 24.0 Å². The number of halogens is 2. The van der Waals surface area contributed by atoms with E-state index in [1.54, 1.807) is 97.6 Å². The van der Waals surface area contributed by atoms with Crippen molar-refractivity contribution < 1.29 is 38.7 Å². The molecule has 2 aromatic heterocycles. The molecule has 8 aromatic rings. The molecule has 1 aliphatic heterocycles. The Morgan fingerprint density at radius 1 is 0.571 bits per heavy atom. The lowest BCUT2D eigenvalue weighted by Crippen LogP contribution is -2.28. The molecular formula is C61H54Cl2N6O8. The number of benzene rings is 6. The summed E-state index contributed by atoms with van der Waals surface area (Å²) in [6.07, 6.45) is 7.98. The molecule has 16 heteroatoms. The first-order chi connectivity index (χ1) is 37.4. The molecule has 6 aromatic carbocycles. The van der Waals surface area contributed by atoms with Crippen LogP contribution in [0, 0.1) is 19.3 Å². The summed E-state index contributed by atoms with van der Waals surface area (Å²) in [6, 6.07) is 38.8. The third kappa shape index (κ3) is 13.5. The first kappa shape index (κ1) is 53.4. The number of aliphatic carboxylic acids is 2. The zero-order valence-corrected chi connectivity index (χ0v) is 43.6. The third-order valence-corrected chi connectivity index (χ3v) is 13.7. The van der Waals surface area contributed by atoms with E-state index in [0.717, 1.165) is 55.8 Å². The van der Waals surface area contributed by atoms with Gasteiger partial charge in [0, 0.05) is 89.6 Å². The van der Waals surface area contributed by atoms with Gasteiger partial charge >= 0.3 is 11.9 Å². The summed E-state index contributed by atoms with van der Waals surface area (Å²) < 4.78 is 25.7. The Bertz CT molecular complexity index is 3470. The minimum atomic E-state index is -1.03. The zero-order chi connectivity index (χ0) is 53.8. The average molecular weight is 1070 g/mol. The van der Waals surface area contributed by atoms with Crippen LogP contribution >= 0.6 is 23.2 Å². The Labute approximate surface area is 455 Å². The van der Waals surface area contributed by atoms with E-state index in [-0.39, 0.29) is 39.5 Å². The van der Waals surface area contributed by atoms with Crippen LogP contribution in [0.4, 0.5) is 0 Å². The predicted molar refractivity (Wildman–Crippen MR) is 297 cm³/mol. The number of carbonyl (C=O) groups is 2. The van der Waals surface area contributed by atoms with Gasteiger partial charge in [0.1, 0.15) is 61.5 Å². The molecule has 0 bridgehead atoms. The fraction of sp³-hybridized carbons (Fsp3) is 0.180. The maximum absolute atomic E-state index is 12.4. The van der Waals surface area contributed by atoms with Crippen molar-refractivity contribution in [2.24, 2.45) is 4.99 Å². The molecule has 5 N–H and O–H groups in total. The van der Waals surface area contributed by atoms with E-state index in [0.29, 0.717) is 67.4 Å². The first-order valence-corrected chi connectivity index (χ1v) is 25.5. The number of carboxylic acid groups (broad SMARTS) is 2. The van der Waals surface area contributed by atoms with Crippen molar-refractivity contribution in [1.29, 1.82) is 5.41 Å². The number of aromatic nitrogens is 2. The second-order valence-corrected chi connectivity index (χ2v) is 19.2. The van der Waals surface area contributed by atoms with Crippen molar-refractivity contribution in [3.63, 3.8) is 0 Å². The quantitative estimate of drug-likeness (QED) is 0.0340. The van der Waals surface area contributed by atoms with Crippen molar-refractivity contribution >= 4 is 47.1 Å². The van der Waals surface area contributed by atoms with Gasteiger partial charge in [0.05, 0.1) is 22.3 Å². The van der Waals surface area contributed by atoms with E-state index in [4.69, 9.17) is 47.6 Å². The minimum Gasteiger partial charge on any atom is -0.488 e. The number of ether oxygens (including phenoxy) is 4. The number of nitrogens with one attached hydrogen (secondary N) is 3. The largest absolute Gasteiger partial charge is 0.488 e. The molecule has 0 aliphatic carbocycles. The normalized spacial score (nSPS) is 12.5. The Kier molecular flexibility index (Phi) is 17.3. The van der Waals surface area contributed by atoms with Crippen LogP contribution in [-0.2, 0) is 49.1 Å². The maximum atomic E-state index is 12.4. The number of carboxylic acids is 2. The van der Waals surface area contributed by atoms with E-state index >= 15 is 0 Å². The molecule has 0 spiro atoms. The van der Waals surface area contributed by atoms with Gasteiger partial charge in [0.2, 0.25) is 0 Å². The monoisotopic (exact) mass is 1070 g/mol. The van der Waals surface area contributed by atoms with Gasteiger partial charge in [-0.3, -0.25) is 35.2 Å². The van der Waals surface area contributed by atoms with Gasteiger partial charge in [0.25, 0.3) is 0 Å². The van der Waals surface area contributed by atoms with Crippen LogP contribution < -0.4 is 29.6 Å². The number of hydrogen-bond donors (Lipinski definition) is 5. The number of aliphatic imine (C=N–C) groups is 1. The number of pyridine rings is 2. The summed E-state index contributed by atoms with van der Waals surface area (Å²) in [4.78, 5) is 37.7. The van der Waals surface area contributed by atoms with Crippen molar-refractivity contribution in [3.8, 4) is 34.1 Å². The Morgan fingerprint density at radius 3 is 1.48 bits per heavy atom. The van der Waals surface area contributed by atoms with Crippen LogP contribution in [0.25, 0.3) is 11.1 Å². The second kappa shape index (κ2) is 25.0. The molecule has 0 radical (unpaired) electrons. The zero-order valence-electron chi connectivity index (χ0n) is 42.1. The van der Waals surface area contributed by atoms with Crippen LogP contribution in [0.5, 0.6) is 23.0 Å². The summed E-state index contributed by atoms with van der Waals surface area (Å²) >= 11 is 13.9. The van der Waals surface area contributed by atoms with Gasteiger partial charge in [-0.1, -0.05) is 120 Å². The lowest BCUT2D eigenvalue weighted by Gasteiger charge is -2.20. The Balaban J connectivity index is 0.923. The maximum Gasteiger partial charge on any atom is 0.325 e. The highest BCUT2D eigenvalue weighted by atomic mass is 35.5. The standard InChI is InChI=1S/C61H54Cl2N6O8/c1-37-44(35-76-56-23-54(74-33-40-19-39(25-64)26-65-27-40)47(21-51(56)62)30-68-58(60(70)71)42-11-5-3-6-12-42)15-9-17-49(37)50-18-10-16-45(38(50)2)36-77-57-24-55(75-34-41-20-46(29-66-28-41)53-32-67-53)48(22-52(57)63)31-69-59(61(72)73)43-13-7-4-8-14-43/h3-29,58-59,64,68-69H,30-36H2,1-2H3,(H,70,71)(H,72,73)/t58-,59-/m0/s1. The molecule has 2 atom stereocenters. The fourth-order valence-corrected chi connectivity index (χ4v) is 9.32. The van der Waals surface area contributed by atoms with Crippen LogP contribution in [0.3, 0.4) is 0 Å². The van der Waals surface area contributed by atoms with Gasteiger partial charge in [0.15, 0.2) is 0 Å². The first-order valence-electron chi connectivity index (χ1n) is 24.7. The van der Waals surface area contributed by atoms with Crippen molar-refractivity contribution in [1.82, 2.24) is 20.6 Å². The van der Waals surface area contributed by atoms with E-state index in [1.807, 2.05) is 55.5 Å². The highest BCUT2D eigenvalue weighted by Crippen LogP contribution is 2.38. The summed E-state index contributed by atoms with van der Waals surface area (Å²) in [7, 11) is 0. The fourth-order valence-electron chi connectivity index (χ4n) is 8.84. The summed E-state index contributed by atoms with van der Waals surface area (Å²) in [5, 5.41) is 34.9. The second-order valence-electron chi connectivity index (χ2n) is 18.4. The average Bonchev–Trinajstić information content (AvgIpc) is 4.30. The van der Waals surface area contributed by atoms with Crippen LogP contribution in [0.2, 0.25) is 10.0 Å². The summed E-state index contributed by atoms with van der Waals surface area (Å²) in [5.74, 6) is -0.375. The van der Waals surface area contributed by atoms with Crippen LogP contribution in [-0.4, -0.2) is 50.6 Å². The van der Waals surface area contributed by atoms with Crippen molar-refractivity contribution in [3.05, 3.63) is 235 Å². The molecule has 0 unspecified atom stereocenters. The molecule has 0 saturated carbocycles. The molecule has 1 aliphatic rings. The van der Waals surface area contributed by atoms with Crippen molar-refractivity contribution in [2.45, 2.75) is 65.4 Å². The SMILES string of the molecule is Cc1c(COc2cc(OCc3cncc(C=N)c3)c(CN[C@H](C(=O)O)c3ccccc3)cc2Cl)cccc1-c1cccc(COc2cc(OCc3cncc(C4=NC4)c3)c(CN[C@H](C(=O)O)c3ccccc3)cc2Cl)c1C. The van der Waals surface area contributed by atoms with E-state index in [2.05, 4.69) is 44.7 Å². The molecular weight excluding hydrogens is 1020 g/mol. The van der Waals surface area contributed by atoms with Gasteiger partial charge in [-0.05, 0) is 82.6 Å². The Hall–Kier alpha value is -8.40. The predicted octanol–water partition coefficient (Wildman–Crippen LogP) is 12.0. The Morgan fingerprint density at radius 2 is 1.03 bits per heavy atom. The number of hydrogen-bond acceptors (Lipinski definition) is 12. The lowest BCUT2D eigenvalue weighted by atomic mass is 9.92. The molecule has 390 valence electrons. The minimum absolute atomic E-state index is 0.119. The summed E-state index contributed by atoms with van der Waals surface area (Å²) in [6.45, 7) is 5.72. The highest BCUT2D eigenvalue weighted by molar-refractivity contribution is 6.32. The molecule has 3 heterocycles. The van der Waals surface area contributed by atoms with E-state index in [1.165, 1.54) is 6.21 Å². The smallest absolute Gasteiger partial charge is 0.325 e. The number of rotatable bonds is 25. The summed E-state index contributed by atoms with van der Waals surface area (Å²) in [5.41, 5.74) is 12.5.